The van der Waals surface area contributed by atoms with Crippen molar-refractivity contribution in [3.8, 4) is 5.75 Å². The second-order valence-electron chi connectivity index (χ2n) is 5.09. The molecule has 0 atom stereocenters. The van der Waals surface area contributed by atoms with Crippen molar-refractivity contribution in [2.75, 3.05) is 5.32 Å². The number of nitrogens with one attached hydrogen (secondary N) is 1. The lowest BCUT2D eigenvalue weighted by molar-refractivity contribution is 0.0726. The van der Waals surface area contributed by atoms with E-state index >= 15 is 0 Å². The predicted molar refractivity (Wildman–Crippen MR) is 97.8 cm³/mol. The molecule has 0 bridgehead atoms. The number of rotatable bonds is 4. The topological polar surface area (TPSA) is 81.2 Å². The minimum absolute atomic E-state index is 0.00711. The Balaban J connectivity index is 1.85. The zero-order valence-corrected chi connectivity index (χ0v) is 14.7. The van der Waals surface area contributed by atoms with Crippen LogP contribution in [-0.4, -0.2) is 21.8 Å². The molecule has 0 radical (unpaired) electrons. The molecule has 0 aliphatic carbocycles. The third kappa shape index (κ3) is 4.36. The van der Waals surface area contributed by atoms with Gasteiger partial charge in [0.05, 0.1) is 11.8 Å². The molecule has 0 aliphatic rings. The normalized spacial score (nSPS) is 10.2. The molecule has 1 heterocycles. The molecule has 6 nitrogen and oxygen atoms in total. The van der Waals surface area contributed by atoms with Gasteiger partial charge in [-0.1, -0.05) is 29.3 Å². The van der Waals surface area contributed by atoms with E-state index in [4.69, 9.17) is 27.9 Å². The van der Waals surface area contributed by atoms with Crippen molar-refractivity contribution in [1.82, 2.24) is 9.97 Å². The van der Waals surface area contributed by atoms with Crippen LogP contribution in [0.25, 0.3) is 0 Å². The summed E-state index contributed by atoms with van der Waals surface area (Å²) in [7, 11) is 0. The Morgan fingerprint density at radius 3 is 2.54 bits per heavy atom. The summed E-state index contributed by atoms with van der Waals surface area (Å²) < 4.78 is 5.28. The van der Waals surface area contributed by atoms with Crippen LogP contribution in [0.1, 0.15) is 20.8 Å². The lowest BCUT2D eigenvalue weighted by Crippen LogP contribution is -2.17. The summed E-state index contributed by atoms with van der Waals surface area (Å²) in [5.41, 5.74) is 0.643. The number of hydrogen-bond acceptors (Lipinski definition) is 5. The number of hydrogen-bond donors (Lipinski definition) is 1. The van der Waals surface area contributed by atoms with Gasteiger partial charge in [-0.3, -0.25) is 9.78 Å². The zero-order chi connectivity index (χ0) is 18.5. The summed E-state index contributed by atoms with van der Waals surface area (Å²) >= 11 is 11.9. The van der Waals surface area contributed by atoms with Crippen molar-refractivity contribution in [2.45, 2.75) is 0 Å². The molecule has 0 saturated heterocycles. The van der Waals surface area contributed by atoms with Crippen molar-refractivity contribution in [2.24, 2.45) is 0 Å². The van der Waals surface area contributed by atoms with Gasteiger partial charge >= 0.3 is 5.97 Å². The Morgan fingerprint density at radius 2 is 1.81 bits per heavy atom. The van der Waals surface area contributed by atoms with Crippen molar-refractivity contribution in [3.05, 3.63) is 82.4 Å². The van der Waals surface area contributed by atoms with Crippen molar-refractivity contribution in [3.63, 3.8) is 0 Å². The van der Waals surface area contributed by atoms with E-state index in [2.05, 4.69) is 15.3 Å². The summed E-state index contributed by atoms with van der Waals surface area (Å²) in [6, 6.07) is 11.0. The molecule has 8 heteroatoms. The van der Waals surface area contributed by atoms with Crippen LogP contribution in [0, 0.1) is 0 Å². The number of amides is 1. The fourth-order valence-electron chi connectivity index (χ4n) is 2.09. The summed E-state index contributed by atoms with van der Waals surface area (Å²) in [6.45, 7) is 0. The Kier molecular flexibility index (Phi) is 5.46. The highest BCUT2D eigenvalue weighted by atomic mass is 35.5. The second kappa shape index (κ2) is 7.95. The van der Waals surface area contributed by atoms with Crippen molar-refractivity contribution < 1.29 is 14.3 Å². The minimum atomic E-state index is -0.753. The molecule has 130 valence electrons. The highest BCUT2D eigenvalue weighted by Crippen LogP contribution is 2.26. The molecule has 0 aliphatic heterocycles. The highest BCUT2D eigenvalue weighted by Gasteiger charge is 2.18. The van der Waals surface area contributed by atoms with Crippen LogP contribution in [0.2, 0.25) is 10.0 Å². The van der Waals surface area contributed by atoms with Crippen LogP contribution in [-0.2, 0) is 0 Å². The molecular formula is C18H11Cl2N3O3. The highest BCUT2D eigenvalue weighted by molar-refractivity contribution is 6.31. The van der Waals surface area contributed by atoms with Gasteiger partial charge in [0.1, 0.15) is 5.75 Å². The molecular weight excluding hydrogens is 377 g/mol. The molecule has 0 spiro atoms. The first-order chi connectivity index (χ1) is 12.5. The van der Waals surface area contributed by atoms with Gasteiger partial charge < -0.3 is 10.1 Å². The van der Waals surface area contributed by atoms with E-state index in [1.54, 1.807) is 24.3 Å². The minimum Gasteiger partial charge on any atom is -0.421 e. The molecule has 2 aromatic carbocycles. The lowest BCUT2D eigenvalue weighted by Gasteiger charge is -2.11. The standard InChI is InChI=1S/C18H11Cl2N3O3/c19-11-2-1-3-13(8-11)23-17(24)14-5-4-12(20)9-16(14)26-18(25)15-10-21-6-7-22-15/h1-10H,(H,23,24). The van der Waals surface area contributed by atoms with Gasteiger partial charge in [0.15, 0.2) is 5.69 Å². The summed E-state index contributed by atoms with van der Waals surface area (Å²) in [6.07, 6.45) is 4.06. The van der Waals surface area contributed by atoms with E-state index in [9.17, 15) is 9.59 Å². The smallest absolute Gasteiger partial charge is 0.363 e. The van der Waals surface area contributed by atoms with Gasteiger partial charge in [-0.2, -0.15) is 0 Å². The molecule has 0 unspecified atom stereocenters. The summed E-state index contributed by atoms with van der Waals surface area (Å²) in [5, 5.41) is 3.48. The van der Waals surface area contributed by atoms with E-state index < -0.39 is 11.9 Å². The van der Waals surface area contributed by atoms with Gasteiger partial charge in [0.2, 0.25) is 0 Å². The number of benzene rings is 2. The van der Waals surface area contributed by atoms with Gasteiger partial charge in [-0.25, -0.2) is 9.78 Å². The van der Waals surface area contributed by atoms with Gasteiger partial charge in [0, 0.05) is 34.2 Å². The number of ether oxygens (including phenoxy) is 1. The average molecular weight is 388 g/mol. The van der Waals surface area contributed by atoms with E-state index in [0.717, 1.165) is 0 Å². The summed E-state index contributed by atoms with van der Waals surface area (Å²) in [5.74, 6) is -1.23. The third-order valence-corrected chi connectivity index (χ3v) is 3.72. The average Bonchev–Trinajstić information content (AvgIpc) is 2.62. The monoisotopic (exact) mass is 387 g/mol. The summed E-state index contributed by atoms with van der Waals surface area (Å²) in [4.78, 5) is 32.4. The van der Waals surface area contributed by atoms with Gasteiger partial charge in [-0.05, 0) is 30.3 Å². The number of nitrogens with zero attached hydrogens (tertiary/aromatic N) is 2. The number of anilines is 1. The Hall–Kier alpha value is -2.96. The number of carbonyl (C=O) groups excluding carboxylic acids is 2. The number of aromatic nitrogens is 2. The molecule has 0 saturated carbocycles. The van der Waals surface area contributed by atoms with Crippen molar-refractivity contribution in [1.29, 1.82) is 0 Å². The Bertz CT molecular complexity index is 965. The van der Waals surface area contributed by atoms with E-state index in [1.807, 2.05) is 0 Å². The predicted octanol–water partition coefficient (Wildman–Crippen LogP) is 4.25. The maximum absolute atomic E-state index is 12.6. The molecule has 0 fully saturated rings. The van der Waals surface area contributed by atoms with Crippen LogP contribution in [0.4, 0.5) is 5.69 Å². The molecule has 3 rings (SSSR count). The van der Waals surface area contributed by atoms with Crippen molar-refractivity contribution >= 4 is 40.8 Å². The van der Waals surface area contributed by atoms with Gasteiger partial charge in [-0.15, -0.1) is 0 Å². The quantitative estimate of drug-likeness (QED) is 0.534. The zero-order valence-electron chi connectivity index (χ0n) is 13.1. The molecule has 1 N–H and O–H groups in total. The van der Waals surface area contributed by atoms with Crippen LogP contribution in [0.15, 0.2) is 61.1 Å². The SMILES string of the molecule is O=C(Oc1cc(Cl)ccc1C(=O)Nc1cccc(Cl)c1)c1cnccn1. The fourth-order valence-corrected chi connectivity index (χ4v) is 2.44. The first-order valence-corrected chi connectivity index (χ1v) is 8.13. The largest absolute Gasteiger partial charge is 0.421 e. The maximum Gasteiger partial charge on any atom is 0.363 e. The molecule has 3 aromatic rings. The van der Waals surface area contributed by atoms with Crippen LogP contribution in [0.3, 0.4) is 0 Å². The van der Waals surface area contributed by atoms with Gasteiger partial charge in [0.25, 0.3) is 5.91 Å². The molecule has 1 amide bonds. The van der Waals surface area contributed by atoms with Crippen LogP contribution >= 0.6 is 23.2 Å². The number of carbonyl (C=O) groups is 2. The van der Waals surface area contributed by atoms with E-state index in [-0.39, 0.29) is 17.0 Å². The fraction of sp³-hybridized carbons (Fsp3) is 0. The third-order valence-electron chi connectivity index (χ3n) is 3.25. The number of esters is 1. The van der Waals surface area contributed by atoms with Crippen LogP contribution in [0.5, 0.6) is 5.75 Å². The molecule has 1 aromatic heterocycles. The maximum atomic E-state index is 12.6. The second-order valence-corrected chi connectivity index (χ2v) is 5.96. The Labute approximate surface area is 158 Å². The number of halogens is 2. The first-order valence-electron chi connectivity index (χ1n) is 7.37. The first kappa shape index (κ1) is 17.8. The lowest BCUT2D eigenvalue weighted by atomic mass is 10.1. The molecule has 26 heavy (non-hydrogen) atoms. The van der Waals surface area contributed by atoms with E-state index in [0.29, 0.717) is 15.7 Å². The van der Waals surface area contributed by atoms with E-state index in [1.165, 1.54) is 36.8 Å². The van der Waals surface area contributed by atoms with Crippen LogP contribution < -0.4 is 10.1 Å². The Morgan fingerprint density at radius 1 is 1.00 bits per heavy atom.